The second-order valence-electron chi connectivity index (χ2n) is 5.87. The number of amides is 1. The van der Waals surface area contributed by atoms with Crippen molar-refractivity contribution >= 4 is 6.09 Å². The van der Waals surface area contributed by atoms with Crippen molar-refractivity contribution in [3.63, 3.8) is 0 Å². The van der Waals surface area contributed by atoms with Gasteiger partial charge in [0.25, 0.3) is 0 Å². The highest BCUT2D eigenvalue weighted by atomic mass is 16.5. The topological polar surface area (TPSA) is 68.0 Å². The Morgan fingerprint density at radius 1 is 1.40 bits per heavy atom. The molecule has 0 aromatic rings. The Morgan fingerprint density at radius 2 is 2.25 bits per heavy atom. The van der Waals surface area contributed by atoms with E-state index in [9.17, 15) is 4.79 Å². The largest absolute Gasteiger partial charge is 0.452 e. The lowest BCUT2D eigenvalue weighted by Crippen LogP contribution is -2.47. The highest BCUT2D eigenvalue weighted by Gasteiger charge is 2.36. The second kappa shape index (κ2) is 5.71. The first-order chi connectivity index (χ1) is 9.69. The van der Waals surface area contributed by atoms with Crippen molar-refractivity contribution in [2.45, 2.75) is 31.3 Å². The fourth-order valence-corrected chi connectivity index (χ4v) is 3.45. The predicted octanol–water partition coefficient (Wildman–Crippen LogP) is 0.535. The molecular weight excluding hydrogens is 258 g/mol. The van der Waals surface area contributed by atoms with E-state index in [1.54, 1.807) is 4.90 Å². The van der Waals surface area contributed by atoms with Gasteiger partial charge in [-0.1, -0.05) is 0 Å². The van der Waals surface area contributed by atoms with Gasteiger partial charge in [0.1, 0.15) is 0 Å². The summed E-state index contributed by atoms with van der Waals surface area (Å²) in [6.45, 7) is 3.91. The third kappa shape index (κ3) is 2.55. The average molecular weight is 281 g/mol. The van der Waals surface area contributed by atoms with Crippen LogP contribution >= 0.6 is 0 Å². The summed E-state index contributed by atoms with van der Waals surface area (Å²) in [7, 11) is 1.44. The minimum Gasteiger partial charge on any atom is -0.452 e. The van der Waals surface area contributed by atoms with Crippen LogP contribution in [-0.4, -0.2) is 67.9 Å². The zero-order valence-corrected chi connectivity index (χ0v) is 12.0. The van der Waals surface area contributed by atoms with Gasteiger partial charge in [-0.25, -0.2) is 4.79 Å². The quantitative estimate of drug-likeness (QED) is 0.759. The number of ether oxygens (including phenoxy) is 2. The van der Waals surface area contributed by atoms with Crippen LogP contribution < -0.4 is 5.73 Å². The Kier molecular flexibility index (Phi) is 3.96. The standard InChI is InChI=1S/C14H23N3O3/c1-19-14(18)17-4-2-3-10-6-16(7-13(10)17)12-5-11(15)8-20-9-12/h11-12H,2-9,15H2,1H3. The molecule has 0 aromatic carbocycles. The fourth-order valence-electron chi connectivity index (χ4n) is 3.45. The zero-order valence-electron chi connectivity index (χ0n) is 12.0. The smallest absolute Gasteiger partial charge is 0.413 e. The normalized spacial score (nSPS) is 31.4. The molecule has 0 radical (unpaired) electrons. The molecule has 2 N–H and O–H groups in total. The summed E-state index contributed by atoms with van der Waals surface area (Å²) in [5.41, 5.74) is 8.50. The van der Waals surface area contributed by atoms with E-state index < -0.39 is 0 Å². The van der Waals surface area contributed by atoms with E-state index in [-0.39, 0.29) is 12.1 Å². The van der Waals surface area contributed by atoms with Crippen molar-refractivity contribution < 1.29 is 14.3 Å². The van der Waals surface area contributed by atoms with Crippen LogP contribution in [0.2, 0.25) is 0 Å². The van der Waals surface area contributed by atoms with Gasteiger partial charge < -0.3 is 15.2 Å². The van der Waals surface area contributed by atoms with Crippen molar-refractivity contribution in [3.8, 4) is 0 Å². The molecular formula is C14H23N3O3. The van der Waals surface area contributed by atoms with E-state index in [4.69, 9.17) is 15.2 Å². The van der Waals surface area contributed by atoms with E-state index in [1.807, 2.05) is 0 Å². The molecule has 1 saturated heterocycles. The zero-order chi connectivity index (χ0) is 14.1. The number of carbonyl (C=O) groups excluding carboxylic acids is 1. The molecule has 3 heterocycles. The fraction of sp³-hybridized carbons (Fsp3) is 0.786. The summed E-state index contributed by atoms with van der Waals surface area (Å²) in [5.74, 6) is 0. The first-order valence-corrected chi connectivity index (χ1v) is 7.32. The first-order valence-electron chi connectivity index (χ1n) is 7.32. The third-order valence-corrected chi connectivity index (χ3v) is 4.47. The van der Waals surface area contributed by atoms with Gasteiger partial charge in [0, 0.05) is 37.4 Å². The monoisotopic (exact) mass is 281 g/mol. The van der Waals surface area contributed by atoms with Crippen LogP contribution in [0.5, 0.6) is 0 Å². The first kappa shape index (κ1) is 13.9. The van der Waals surface area contributed by atoms with Crippen molar-refractivity contribution in [1.29, 1.82) is 0 Å². The van der Waals surface area contributed by atoms with Gasteiger partial charge in [0.05, 0.1) is 20.3 Å². The molecule has 3 aliphatic heterocycles. The lowest BCUT2D eigenvalue weighted by atomic mass is 10.0. The van der Waals surface area contributed by atoms with E-state index in [0.29, 0.717) is 12.6 Å². The molecule has 0 aromatic heterocycles. The summed E-state index contributed by atoms with van der Waals surface area (Å²) in [6.07, 6.45) is 2.83. The number of nitrogens with zero attached hydrogens (tertiary/aromatic N) is 2. The Morgan fingerprint density at radius 3 is 3.00 bits per heavy atom. The van der Waals surface area contributed by atoms with Crippen molar-refractivity contribution in [1.82, 2.24) is 9.80 Å². The minimum atomic E-state index is -0.240. The van der Waals surface area contributed by atoms with Gasteiger partial charge in [0.15, 0.2) is 0 Å². The SMILES string of the molecule is COC(=O)N1CCCC2=C1CN(C1COCC(N)C1)C2. The van der Waals surface area contributed by atoms with Crippen molar-refractivity contribution in [2.75, 3.05) is 40.0 Å². The lowest BCUT2D eigenvalue weighted by molar-refractivity contribution is 0.0154. The molecule has 1 fully saturated rings. The molecule has 6 heteroatoms. The Labute approximate surface area is 119 Å². The van der Waals surface area contributed by atoms with Gasteiger partial charge >= 0.3 is 6.09 Å². The van der Waals surface area contributed by atoms with Gasteiger partial charge in [-0.05, 0) is 24.8 Å². The summed E-state index contributed by atoms with van der Waals surface area (Å²) >= 11 is 0. The Hall–Kier alpha value is -1.11. The van der Waals surface area contributed by atoms with E-state index in [1.165, 1.54) is 12.7 Å². The summed E-state index contributed by atoms with van der Waals surface area (Å²) in [4.78, 5) is 16.0. The molecule has 2 unspecified atom stereocenters. The average Bonchev–Trinajstić information content (AvgIpc) is 2.90. The summed E-state index contributed by atoms with van der Waals surface area (Å²) < 4.78 is 10.5. The highest BCUT2D eigenvalue weighted by Crippen LogP contribution is 2.31. The molecule has 3 rings (SSSR count). The number of hydrogen-bond acceptors (Lipinski definition) is 5. The van der Waals surface area contributed by atoms with Gasteiger partial charge in [-0.15, -0.1) is 0 Å². The third-order valence-electron chi connectivity index (χ3n) is 4.47. The van der Waals surface area contributed by atoms with Crippen LogP contribution in [0.15, 0.2) is 11.3 Å². The number of hydrogen-bond donors (Lipinski definition) is 1. The maximum atomic E-state index is 11.9. The number of methoxy groups -OCH3 is 1. The molecule has 0 saturated carbocycles. The maximum absolute atomic E-state index is 11.9. The molecule has 112 valence electrons. The summed E-state index contributed by atoms with van der Waals surface area (Å²) in [5, 5.41) is 0. The van der Waals surface area contributed by atoms with Crippen LogP contribution in [0.3, 0.4) is 0 Å². The summed E-state index contributed by atoms with van der Waals surface area (Å²) in [6, 6.07) is 0.493. The highest BCUT2D eigenvalue weighted by molar-refractivity contribution is 5.70. The van der Waals surface area contributed by atoms with Crippen LogP contribution in [-0.2, 0) is 9.47 Å². The van der Waals surface area contributed by atoms with Crippen molar-refractivity contribution in [2.24, 2.45) is 5.73 Å². The molecule has 6 nitrogen and oxygen atoms in total. The van der Waals surface area contributed by atoms with Gasteiger partial charge in [-0.2, -0.15) is 0 Å². The van der Waals surface area contributed by atoms with Crippen LogP contribution in [0, 0.1) is 0 Å². The number of carbonyl (C=O) groups is 1. The van der Waals surface area contributed by atoms with E-state index in [0.717, 1.165) is 51.2 Å². The van der Waals surface area contributed by atoms with E-state index in [2.05, 4.69) is 4.90 Å². The molecule has 2 atom stereocenters. The molecule has 0 bridgehead atoms. The molecule has 0 aliphatic carbocycles. The lowest BCUT2D eigenvalue weighted by Gasteiger charge is -2.34. The van der Waals surface area contributed by atoms with Gasteiger partial charge in [0.2, 0.25) is 0 Å². The maximum Gasteiger partial charge on any atom is 0.413 e. The number of rotatable bonds is 1. The predicted molar refractivity (Wildman–Crippen MR) is 74.1 cm³/mol. The molecule has 3 aliphatic rings. The Balaban J connectivity index is 1.69. The molecule has 0 spiro atoms. The number of nitrogens with two attached hydrogens (primary N) is 1. The van der Waals surface area contributed by atoms with Crippen LogP contribution in [0.4, 0.5) is 4.79 Å². The molecule has 20 heavy (non-hydrogen) atoms. The van der Waals surface area contributed by atoms with Crippen molar-refractivity contribution in [3.05, 3.63) is 11.3 Å². The Bertz CT molecular complexity index is 424. The molecule has 1 amide bonds. The van der Waals surface area contributed by atoms with Crippen LogP contribution in [0.25, 0.3) is 0 Å². The van der Waals surface area contributed by atoms with Crippen LogP contribution in [0.1, 0.15) is 19.3 Å². The van der Waals surface area contributed by atoms with Gasteiger partial charge in [-0.3, -0.25) is 9.80 Å². The minimum absolute atomic E-state index is 0.128. The second-order valence-corrected chi connectivity index (χ2v) is 5.87. The van der Waals surface area contributed by atoms with E-state index >= 15 is 0 Å².